The second-order valence-electron chi connectivity index (χ2n) is 4.76. The van der Waals surface area contributed by atoms with Crippen LogP contribution in [0.15, 0.2) is 23.0 Å². The number of nitrogens with one attached hydrogen (secondary N) is 1. The Balaban J connectivity index is 2.16. The zero-order valence-corrected chi connectivity index (χ0v) is 9.69. The molecule has 1 fully saturated rings. The first-order valence-electron chi connectivity index (χ1n) is 5.88. The molecule has 0 saturated heterocycles. The summed E-state index contributed by atoms with van der Waals surface area (Å²) in [7, 11) is 0. The number of imidazole rings is 1. The Morgan fingerprint density at radius 1 is 1.47 bits per heavy atom. The van der Waals surface area contributed by atoms with Gasteiger partial charge in [0.2, 0.25) is 0 Å². The molecule has 17 heavy (non-hydrogen) atoms. The van der Waals surface area contributed by atoms with Crippen molar-refractivity contribution in [1.82, 2.24) is 9.55 Å². The van der Waals surface area contributed by atoms with Gasteiger partial charge >= 0.3 is 5.69 Å². The van der Waals surface area contributed by atoms with Crippen LogP contribution >= 0.6 is 0 Å². The highest BCUT2D eigenvalue weighted by Crippen LogP contribution is 2.35. The molecule has 1 N–H and O–H groups in total. The molecule has 0 atom stereocenters. The normalized spacial score (nSPS) is 15.4. The Morgan fingerprint density at radius 2 is 2.24 bits per heavy atom. The Morgan fingerprint density at radius 3 is 2.88 bits per heavy atom. The van der Waals surface area contributed by atoms with Crippen LogP contribution in [0, 0.1) is 0 Å². The molecule has 0 spiro atoms. The summed E-state index contributed by atoms with van der Waals surface area (Å²) in [6.45, 7) is 1.58. The molecule has 1 aromatic heterocycles. The summed E-state index contributed by atoms with van der Waals surface area (Å²) in [6, 6.07) is 6.08. The molecule has 0 aliphatic heterocycles. The van der Waals surface area contributed by atoms with Gasteiger partial charge in [-0.3, -0.25) is 9.36 Å². The van der Waals surface area contributed by atoms with Gasteiger partial charge in [0.25, 0.3) is 0 Å². The van der Waals surface area contributed by atoms with E-state index in [9.17, 15) is 9.59 Å². The van der Waals surface area contributed by atoms with Crippen molar-refractivity contribution in [3.8, 4) is 0 Å². The highest BCUT2D eigenvalue weighted by molar-refractivity contribution is 5.81. The van der Waals surface area contributed by atoms with E-state index in [1.54, 1.807) is 6.92 Å². The average Bonchev–Trinajstić information content (AvgIpc) is 3.01. The molecule has 1 saturated carbocycles. The third-order valence-electron chi connectivity index (χ3n) is 3.15. The molecule has 1 aromatic carbocycles. The molecular formula is C13H14N2O2. The van der Waals surface area contributed by atoms with E-state index < -0.39 is 0 Å². The van der Waals surface area contributed by atoms with Crippen molar-refractivity contribution in [2.24, 2.45) is 0 Å². The van der Waals surface area contributed by atoms with E-state index in [4.69, 9.17) is 0 Å². The van der Waals surface area contributed by atoms with Crippen molar-refractivity contribution in [1.29, 1.82) is 0 Å². The maximum absolute atomic E-state index is 11.8. The highest BCUT2D eigenvalue weighted by atomic mass is 16.1. The van der Waals surface area contributed by atoms with Crippen molar-refractivity contribution < 1.29 is 4.79 Å². The number of carbonyl (C=O) groups is 1. The first-order valence-corrected chi connectivity index (χ1v) is 5.88. The SMILES string of the molecule is CC(=O)Cc1ccc2[nH]c(=O)n(C3CC3)c2c1. The summed E-state index contributed by atoms with van der Waals surface area (Å²) >= 11 is 0. The summed E-state index contributed by atoms with van der Waals surface area (Å²) < 4.78 is 1.82. The number of H-pyrrole nitrogens is 1. The van der Waals surface area contributed by atoms with Crippen LogP contribution in [0.2, 0.25) is 0 Å². The Hall–Kier alpha value is -1.84. The molecule has 1 aliphatic rings. The van der Waals surface area contributed by atoms with Gasteiger partial charge in [-0.15, -0.1) is 0 Å². The predicted molar refractivity (Wildman–Crippen MR) is 65.2 cm³/mol. The summed E-state index contributed by atoms with van der Waals surface area (Å²) in [6.07, 6.45) is 2.58. The first kappa shape index (κ1) is 10.3. The number of hydrogen-bond donors (Lipinski definition) is 1. The van der Waals surface area contributed by atoms with E-state index in [0.29, 0.717) is 12.5 Å². The van der Waals surface area contributed by atoms with Crippen molar-refractivity contribution >= 4 is 16.8 Å². The second-order valence-corrected chi connectivity index (χ2v) is 4.76. The van der Waals surface area contributed by atoms with Crippen molar-refractivity contribution in [2.45, 2.75) is 32.2 Å². The van der Waals surface area contributed by atoms with E-state index in [0.717, 1.165) is 29.4 Å². The van der Waals surface area contributed by atoms with Gasteiger partial charge in [-0.1, -0.05) is 6.07 Å². The number of rotatable bonds is 3. The Labute approximate surface area is 98.3 Å². The number of fused-ring (bicyclic) bond motifs is 1. The van der Waals surface area contributed by atoms with Gasteiger partial charge < -0.3 is 4.98 Å². The number of carbonyl (C=O) groups excluding carboxylic acids is 1. The minimum Gasteiger partial charge on any atom is -0.306 e. The minimum atomic E-state index is -0.0394. The number of ketones is 1. The number of hydrogen-bond acceptors (Lipinski definition) is 2. The lowest BCUT2D eigenvalue weighted by Gasteiger charge is -2.02. The number of nitrogens with zero attached hydrogens (tertiary/aromatic N) is 1. The van der Waals surface area contributed by atoms with Gasteiger partial charge in [0.05, 0.1) is 11.0 Å². The number of aromatic nitrogens is 2. The number of benzene rings is 1. The maximum atomic E-state index is 11.8. The van der Waals surface area contributed by atoms with Crippen LogP contribution in [0.5, 0.6) is 0 Å². The third kappa shape index (κ3) is 1.79. The fourth-order valence-corrected chi connectivity index (χ4v) is 2.26. The lowest BCUT2D eigenvalue weighted by molar-refractivity contribution is -0.116. The second kappa shape index (κ2) is 3.58. The molecule has 1 aliphatic carbocycles. The summed E-state index contributed by atoms with van der Waals surface area (Å²) in [5.41, 5.74) is 2.71. The Kier molecular flexibility index (Phi) is 2.18. The van der Waals surface area contributed by atoms with Crippen molar-refractivity contribution in [2.75, 3.05) is 0 Å². The summed E-state index contributed by atoms with van der Waals surface area (Å²) in [4.78, 5) is 25.8. The largest absolute Gasteiger partial charge is 0.326 e. The first-order chi connectivity index (χ1) is 8.15. The molecule has 0 unspecified atom stereocenters. The molecule has 88 valence electrons. The molecule has 1 heterocycles. The standard InChI is InChI=1S/C13H14N2O2/c1-8(16)6-9-2-5-11-12(7-9)15(10-3-4-10)13(17)14-11/h2,5,7,10H,3-4,6H2,1H3,(H,14,17). The smallest absolute Gasteiger partial charge is 0.306 e. The lowest BCUT2D eigenvalue weighted by Crippen LogP contribution is -2.15. The third-order valence-corrected chi connectivity index (χ3v) is 3.15. The molecule has 0 bridgehead atoms. The Bertz CT molecular complexity index is 647. The van der Waals surface area contributed by atoms with Crippen LogP contribution in [-0.2, 0) is 11.2 Å². The van der Waals surface area contributed by atoms with Crippen LogP contribution < -0.4 is 5.69 Å². The lowest BCUT2D eigenvalue weighted by atomic mass is 10.1. The number of Topliss-reactive ketones (excluding diaryl/α,β-unsaturated/α-hetero) is 1. The van der Waals surface area contributed by atoms with Gasteiger partial charge in [0.15, 0.2) is 0 Å². The molecule has 0 amide bonds. The average molecular weight is 230 g/mol. The minimum absolute atomic E-state index is 0.0394. The molecule has 2 aromatic rings. The van der Waals surface area contributed by atoms with Gasteiger partial charge in [-0.25, -0.2) is 4.79 Å². The van der Waals surface area contributed by atoms with E-state index >= 15 is 0 Å². The van der Waals surface area contributed by atoms with Gasteiger partial charge in [0, 0.05) is 12.5 Å². The zero-order chi connectivity index (χ0) is 12.0. The van der Waals surface area contributed by atoms with E-state index in [-0.39, 0.29) is 11.5 Å². The summed E-state index contributed by atoms with van der Waals surface area (Å²) in [5.74, 6) is 0.139. The molecule has 0 radical (unpaired) electrons. The van der Waals surface area contributed by atoms with Crippen LogP contribution in [0.1, 0.15) is 31.4 Å². The fraction of sp³-hybridized carbons (Fsp3) is 0.385. The van der Waals surface area contributed by atoms with Gasteiger partial charge in [-0.2, -0.15) is 0 Å². The van der Waals surface area contributed by atoms with Crippen molar-refractivity contribution in [3.63, 3.8) is 0 Å². The topological polar surface area (TPSA) is 54.9 Å². The van der Waals surface area contributed by atoms with Crippen LogP contribution in [0.4, 0.5) is 0 Å². The highest BCUT2D eigenvalue weighted by Gasteiger charge is 2.27. The van der Waals surface area contributed by atoms with E-state index in [2.05, 4.69) is 4.98 Å². The van der Waals surface area contributed by atoms with Crippen LogP contribution in [-0.4, -0.2) is 15.3 Å². The molecule has 3 rings (SSSR count). The van der Waals surface area contributed by atoms with E-state index in [1.807, 2.05) is 22.8 Å². The monoisotopic (exact) mass is 230 g/mol. The molecule has 4 heteroatoms. The van der Waals surface area contributed by atoms with Crippen LogP contribution in [0.3, 0.4) is 0 Å². The summed E-state index contributed by atoms with van der Waals surface area (Å²) in [5, 5.41) is 0. The van der Waals surface area contributed by atoms with E-state index in [1.165, 1.54) is 0 Å². The number of aromatic amines is 1. The zero-order valence-electron chi connectivity index (χ0n) is 9.69. The fourth-order valence-electron chi connectivity index (χ4n) is 2.26. The van der Waals surface area contributed by atoms with Crippen LogP contribution in [0.25, 0.3) is 11.0 Å². The maximum Gasteiger partial charge on any atom is 0.326 e. The molecular weight excluding hydrogens is 216 g/mol. The molecule has 4 nitrogen and oxygen atoms in total. The van der Waals surface area contributed by atoms with Gasteiger partial charge in [-0.05, 0) is 37.5 Å². The van der Waals surface area contributed by atoms with Gasteiger partial charge in [0.1, 0.15) is 5.78 Å². The van der Waals surface area contributed by atoms with Crippen molar-refractivity contribution in [3.05, 3.63) is 34.2 Å². The quantitative estimate of drug-likeness (QED) is 0.874. The predicted octanol–water partition coefficient (Wildman–Crippen LogP) is 1.80.